The van der Waals surface area contributed by atoms with Crippen LogP contribution in [0.15, 0.2) is 71.8 Å². The molecule has 0 bridgehead atoms. The lowest BCUT2D eigenvalue weighted by molar-refractivity contribution is -0.111. The molecule has 5 rings (SSSR count). The van der Waals surface area contributed by atoms with Gasteiger partial charge in [-0.1, -0.05) is 131 Å². The first-order chi connectivity index (χ1) is 34.5. The van der Waals surface area contributed by atoms with Crippen LogP contribution in [0.3, 0.4) is 0 Å². The minimum atomic E-state index is -2.13. The van der Waals surface area contributed by atoms with Gasteiger partial charge in [0.25, 0.3) is 5.56 Å². The van der Waals surface area contributed by atoms with E-state index in [0.717, 1.165) is 17.4 Å². The third kappa shape index (κ3) is 15.4. The summed E-state index contributed by atoms with van der Waals surface area (Å²) in [6.45, 7) is 37.4. The van der Waals surface area contributed by atoms with Crippen LogP contribution in [0, 0.1) is 28.4 Å². The third-order valence-electron chi connectivity index (χ3n) is 15.1. The second kappa shape index (κ2) is 24.9. The van der Waals surface area contributed by atoms with Crippen molar-refractivity contribution in [3.8, 4) is 11.5 Å². The van der Waals surface area contributed by atoms with Gasteiger partial charge in [-0.15, -0.1) is 0 Å². The van der Waals surface area contributed by atoms with E-state index in [1.165, 1.54) is 23.6 Å². The lowest BCUT2D eigenvalue weighted by Crippen LogP contribution is -2.44. The van der Waals surface area contributed by atoms with Gasteiger partial charge >= 0.3 is 5.97 Å². The Labute approximate surface area is 457 Å². The monoisotopic (exact) mass is 1110 g/mol. The van der Waals surface area contributed by atoms with Crippen molar-refractivity contribution >= 4 is 57.6 Å². The van der Waals surface area contributed by atoms with E-state index in [2.05, 4.69) is 114 Å². The second-order valence-electron chi connectivity index (χ2n) is 24.6. The molecule has 16 heteroatoms. The molecule has 0 aliphatic rings. The molecular weight excluding hydrogens is 1030 g/mol. The smallest absolute Gasteiger partial charge is 0.343 e. The number of aldehydes is 1. The lowest BCUT2D eigenvalue weighted by atomic mass is 9.72. The maximum atomic E-state index is 14.8. The number of carbonyl (C=O) groups is 2. The van der Waals surface area contributed by atoms with E-state index in [0.29, 0.717) is 59.0 Å². The molecule has 2 aromatic carbocycles. The number of aromatic nitrogens is 2. The molecule has 3 atom stereocenters. The number of rotatable bonds is 18. The largest absolute Gasteiger partial charge is 0.495 e. The number of nitrogens with zero attached hydrogens (tertiary/aromatic N) is 2. The van der Waals surface area contributed by atoms with Crippen LogP contribution in [0.1, 0.15) is 146 Å². The quantitative estimate of drug-likeness (QED) is 0.0481. The van der Waals surface area contributed by atoms with Gasteiger partial charge < -0.3 is 27.9 Å². The Kier molecular flexibility index (Phi) is 21.0. The van der Waals surface area contributed by atoms with Crippen molar-refractivity contribution in [1.82, 2.24) is 9.38 Å². The van der Waals surface area contributed by atoms with E-state index in [9.17, 15) is 23.2 Å². The fourth-order valence-electron chi connectivity index (χ4n) is 8.24. The van der Waals surface area contributed by atoms with Gasteiger partial charge in [-0.3, -0.25) is 14.2 Å². The molecule has 0 radical (unpaired) electrons. The molecule has 3 heterocycles. The van der Waals surface area contributed by atoms with E-state index in [4.69, 9.17) is 46.3 Å². The van der Waals surface area contributed by atoms with E-state index >= 15 is 0 Å². The van der Waals surface area contributed by atoms with Gasteiger partial charge in [0.1, 0.15) is 35.0 Å². The number of pyridine rings is 3. The first kappa shape index (κ1) is 63.1. The summed E-state index contributed by atoms with van der Waals surface area (Å²) in [5, 5.41) is 0.182. The van der Waals surface area contributed by atoms with Gasteiger partial charge in [-0.25, -0.2) is 13.6 Å². The average molecular weight is 1110 g/mol. The van der Waals surface area contributed by atoms with Crippen molar-refractivity contribution in [2.45, 2.75) is 151 Å². The van der Waals surface area contributed by atoms with E-state index < -0.39 is 45.7 Å². The average Bonchev–Trinajstić information content (AvgIpc) is 3.30. The number of ether oxygens (including phenoxy) is 3. The maximum absolute atomic E-state index is 14.8. The number of hydrogen-bond donors (Lipinski definition) is 0. The zero-order valence-electron chi connectivity index (χ0n) is 47.9. The van der Waals surface area contributed by atoms with Crippen molar-refractivity contribution in [2.24, 2.45) is 16.7 Å². The summed E-state index contributed by atoms with van der Waals surface area (Å²) in [5.74, 6) is -1.51. The minimum Gasteiger partial charge on any atom is -0.495 e. The molecule has 412 valence electrons. The summed E-state index contributed by atoms with van der Waals surface area (Å²) >= 11 is 11.9. The highest BCUT2D eigenvalue weighted by Gasteiger charge is 2.43. The zero-order chi connectivity index (χ0) is 56.8. The fraction of sp³-hybridized carbons (Fsp3) is 0.525. The molecule has 5 aromatic rings. The molecule has 0 saturated heterocycles. The van der Waals surface area contributed by atoms with Crippen molar-refractivity contribution < 1.29 is 41.4 Å². The summed E-state index contributed by atoms with van der Waals surface area (Å²) in [6, 6.07) is 15.0. The van der Waals surface area contributed by atoms with Crippen LogP contribution < -0.4 is 15.0 Å². The fourth-order valence-corrected chi connectivity index (χ4v) is 10.7. The topological polar surface area (TPSA) is 115 Å². The Bertz CT molecular complexity index is 2860. The van der Waals surface area contributed by atoms with Gasteiger partial charge in [-0.05, 0) is 112 Å². The molecule has 1 unspecified atom stereocenters. The van der Waals surface area contributed by atoms with E-state index in [1.54, 1.807) is 62.8 Å². The van der Waals surface area contributed by atoms with Crippen molar-refractivity contribution in [2.75, 3.05) is 34.0 Å². The molecule has 0 saturated carbocycles. The number of methoxy groups -OCH3 is 2. The zero-order valence-corrected chi connectivity index (χ0v) is 51.4. The Hall–Kier alpha value is -4.45. The summed E-state index contributed by atoms with van der Waals surface area (Å²) in [7, 11) is -1.04. The molecule has 0 aliphatic heterocycles. The summed E-state index contributed by atoms with van der Waals surface area (Å²) < 4.78 is 60.6. The molecule has 10 nitrogen and oxygen atoms in total. The molecule has 0 aliphatic carbocycles. The summed E-state index contributed by atoms with van der Waals surface area (Å²) in [5.41, 5.74) is 2.99. The summed E-state index contributed by atoms with van der Waals surface area (Å²) in [4.78, 5) is 43.9. The van der Waals surface area contributed by atoms with Crippen LogP contribution >= 0.6 is 23.2 Å². The number of fused-ring (bicyclic) bond motifs is 1. The SMILES string of the molecule is CCOC(=O)c1cc([C@H](CO[Si](C)(C)C(C)(C)C)C(C)(C)C)c2c(OC)cc(Cc3cccc(Cl)c3F)cn2c1=O.COc1cc(Cc2cccc(Cl)c2F)cnc1C(C=O)[C@H](CO[Si](C)(C)C(C)(C)C)C(C)(C)C. The normalized spacial score (nSPS) is 13.9. The van der Waals surface area contributed by atoms with Crippen LogP contribution in [0.25, 0.3) is 5.52 Å². The first-order valence-electron chi connectivity index (χ1n) is 25.6. The number of carbonyl (C=O) groups excluding carboxylic acids is 2. The Balaban J connectivity index is 0.000000330. The highest BCUT2D eigenvalue weighted by Crippen LogP contribution is 2.45. The number of hydrogen-bond acceptors (Lipinski definition) is 9. The predicted molar refractivity (Wildman–Crippen MR) is 306 cm³/mol. The Morgan fingerprint density at radius 3 is 1.68 bits per heavy atom. The number of halogens is 4. The minimum absolute atomic E-state index is 0.00339. The van der Waals surface area contributed by atoms with Gasteiger partial charge in [0.2, 0.25) is 0 Å². The highest BCUT2D eigenvalue weighted by molar-refractivity contribution is 6.74. The van der Waals surface area contributed by atoms with Crippen molar-refractivity contribution in [3.63, 3.8) is 0 Å². The van der Waals surface area contributed by atoms with Crippen LogP contribution in [-0.4, -0.2) is 72.3 Å². The Morgan fingerprint density at radius 1 is 0.733 bits per heavy atom. The van der Waals surface area contributed by atoms with E-state index in [1.807, 2.05) is 6.07 Å². The molecule has 0 spiro atoms. The van der Waals surface area contributed by atoms with Gasteiger partial charge in [0, 0.05) is 50.3 Å². The third-order valence-corrected chi connectivity index (χ3v) is 24.7. The lowest BCUT2D eigenvalue weighted by Gasteiger charge is -2.41. The van der Waals surface area contributed by atoms with Gasteiger partial charge in [-0.2, -0.15) is 0 Å². The van der Waals surface area contributed by atoms with Crippen LogP contribution in [0.5, 0.6) is 11.5 Å². The number of benzene rings is 2. The molecular formula is C59H82Cl2F2N2O8Si2. The predicted octanol–water partition coefficient (Wildman–Crippen LogP) is 15.5. The van der Waals surface area contributed by atoms with Crippen LogP contribution in [0.4, 0.5) is 8.78 Å². The Morgan fingerprint density at radius 2 is 1.23 bits per heavy atom. The first-order valence-corrected chi connectivity index (χ1v) is 32.2. The summed E-state index contributed by atoms with van der Waals surface area (Å²) in [6.07, 6.45) is 4.76. The molecule has 75 heavy (non-hydrogen) atoms. The van der Waals surface area contributed by atoms with Gasteiger partial charge in [0.15, 0.2) is 16.6 Å². The van der Waals surface area contributed by atoms with Crippen molar-refractivity contribution in [1.29, 1.82) is 0 Å². The molecule has 3 aromatic heterocycles. The van der Waals surface area contributed by atoms with Crippen molar-refractivity contribution in [3.05, 3.63) is 138 Å². The van der Waals surface area contributed by atoms with Gasteiger partial charge in [0.05, 0.1) is 48.0 Å². The van der Waals surface area contributed by atoms with Crippen LogP contribution in [-0.2, 0) is 31.2 Å². The molecule has 0 fully saturated rings. The highest BCUT2D eigenvalue weighted by atomic mass is 35.5. The second-order valence-corrected chi connectivity index (χ2v) is 35.0. The van der Waals surface area contributed by atoms with E-state index in [-0.39, 0.29) is 61.4 Å². The maximum Gasteiger partial charge on any atom is 0.343 e. The molecule has 0 amide bonds. The standard InChI is InChI=1S/C32H43ClFNO5Si.C27H39ClFNO3Si/c1-11-39-30(37)23-17-22(24(31(2,3)4)19-40-41(9,10)32(5,6)7)28-26(38-8)16-20(18-35(28)29(23)36)15-21-13-12-14-25(33)27(21)34;1-26(2,3)21(17-33-34(8,9)27(4,5)6)20(16-31)25-23(32-7)14-18(15-30-25)13-19-11-10-12-22(28)24(19)29/h12-14,16-18,24H,11,15,19H2,1-10H3;10-12,14-16,20-21H,13,17H2,1-9H3/t24-;20?,21-/m00/s1. The number of esters is 1. The molecule has 0 N–H and O–H groups in total. The van der Waals surface area contributed by atoms with Crippen LogP contribution in [0.2, 0.25) is 46.3 Å².